The Labute approximate surface area is 106 Å². The van der Waals surface area contributed by atoms with Crippen molar-refractivity contribution in [3.8, 4) is 11.5 Å². The molecule has 2 aromatic rings. The lowest BCUT2D eigenvalue weighted by atomic mass is 10.2. The van der Waals surface area contributed by atoms with Gasteiger partial charge in [0, 0.05) is 24.0 Å². The fraction of sp³-hybridized carbons (Fsp3) is 0.214. The first-order valence-corrected chi connectivity index (χ1v) is 5.66. The van der Waals surface area contributed by atoms with E-state index >= 15 is 0 Å². The Morgan fingerprint density at radius 3 is 2.78 bits per heavy atom. The summed E-state index contributed by atoms with van der Waals surface area (Å²) in [6, 6.07) is 7.38. The molecule has 94 valence electrons. The molecule has 2 N–H and O–H groups in total. The van der Waals surface area contributed by atoms with Crippen molar-refractivity contribution in [2.24, 2.45) is 0 Å². The molecule has 0 aliphatic heterocycles. The average Bonchev–Trinajstić information content (AvgIpc) is 2.38. The van der Waals surface area contributed by atoms with Crippen molar-refractivity contribution in [2.75, 3.05) is 12.8 Å². The van der Waals surface area contributed by atoms with Gasteiger partial charge >= 0.3 is 0 Å². The van der Waals surface area contributed by atoms with Crippen molar-refractivity contribution in [2.45, 2.75) is 13.5 Å². The van der Waals surface area contributed by atoms with E-state index in [1.165, 1.54) is 0 Å². The number of ether oxygens (including phenoxy) is 2. The SMILES string of the molecule is COc1ccc(N)c(OCc2cncc(C)c2)c1. The van der Waals surface area contributed by atoms with Gasteiger partial charge in [-0.15, -0.1) is 0 Å². The van der Waals surface area contributed by atoms with Crippen LogP contribution in [0.3, 0.4) is 0 Å². The van der Waals surface area contributed by atoms with Crippen molar-refractivity contribution in [1.29, 1.82) is 0 Å². The third-order valence-corrected chi connectivity index (χ3v) is 2.55. The summed E-state index contributed by atoms with van der Waals surface area (Å²) in [7, 11) is 1.61. The average molecular weight is 244 g/mol. The van der Waals surface area contributed by atoms with Gasteiger partial charge in [-0.3, -0.25) is 4.98 Å². The molecule has 0 aliphatic carbocycles. The van der Waals surface area contributed by atoms with Crippen LogP contribution in [0, 0.1) is 6.92 Å². The Hall–Kier alpha value is -2.23. The Kier molecular flexibility index (Phi) is 3.67. The predicted molar refractivity (Wildman–Crippen MR) is 70.7 cm³/mol. The fourth-order valence-corrected chi connectivity index (χ4v) is 1.62. The summed E-state index contributed by atoms with van der Waals surface area (Å²) in [6.45, 7) is 2.43. The van der Waals surface area contributed by atoms with Gasteiger partial charge in [-0.05, 0) is 30.7 Å². The molecule has 0 amide bonds. The van der Waals surface area contributed by atoms with Crippen LogP contribution in [0.1, 0.15) is 11.1 Å². The maximum Gasteiger partial charge on any atom is 0.146 e. The lowest BCUT2D eigenvalue weighted by molar-refractivity contribution is 0.305. The van der Waals surface area contributed by atoms with E-state index in [4.69, 9.17) is 15.2 Å². The molecule has 1 aromatic heterocycles. The third-order valence-electron chi connectivity index (χ3n) is 2.55. The minimum absolute atomic E-state index is 0.437. The molecule has 0 aliphatic rings. The van der Waals surface area contributed by atoms with Crippen molar-refractivity contribution < 1.29 is 9.47 Å². The van der Waals surface area contributed by atoms with E-state index in [-0.39, 0.29) is 0 Å². The molecule has 4 heteroatoms. The molecule has 0 radical (unpaired) electrons. The van der Waals surface area contributed by atoms with Crippen molar-refractivity contribution >= 4 is 5.69 Å². The summed E-state index contributed by atoms with van der Waals surface area (Å²) in [5, 5.41) is 0. The number of hydrogen-bond acceptors (Lipinski definition) is 4. The van der Waals surface area contributed by atoms with E-state index in [0.717, 1.165) is 16.9 Å². The Balaban J connectivity index is 2.10. The highest BCUT2D eigenvalue weighted by Crippen LogP contribution is 2.27. The lowest BCUT2D eigenvalue weighted by Crippen LogP contribution is -2.00. The zero-order chi connectivity index (χ0) is 13.0. The second-order valence-electron chi connectivity index (χ2n) is 4.06. The zero-order valence-corrected chi connectivity index (χ0v) is 10.5. The van der Waals surface area contributed by atoms with Crippen LogP contribution in [0.25, 0.3) is 0 Å². The van der Waals surface area contributed by atoms with Gasteiger partial charge < -0.3 is 15.2 Å². The number of pyridine rings is 1. The predicted octanol–water partition coefficient (Wildman–Crippen LogP) is 2.56. The van der Waals surface area contributed by atoms with Gasteiger partial charge in [-0.1, -0.05) is 0 Å². The molecule has 2 rings (SSSR count). The summed E-state index contributed by atoms with van der Waals surface area (Å²) in [4.78, 5) is 4.12. The van der Waals surface area contributed by atoms with Crippen LogP contribution in [-0.4, -0.2) is 12.1 Å². The molecule has 0 saturated carbocycles. The Morgan fingerprint density at radius 1 is 1.22 bits per heavy atom. The van der Waals surface area contributed by atoms with E-state index in [2.05, 4.69) is 4.98 Å². The summed E-state index contributed by atoms with van der Waals surface area (Å²) in [5.74, 6) is 1.34. The molecular formula is C14H16N2O2. The van der Waals surface area contributed by atoms with Crippen LogP contribution >= 0.6 is 0 Å². The van der Waals surface area contributed by atoms with Crippen LogP contribution in [0.15, 0.2) is 36.7 Å². The van der Waals surface area contributed by atoms with Crippen molar-refractivity contribution in [3.05, 3.63) is 47.8 Å². The Morgan fingerprint density at radius 2 is 2.06 bits per heavy atom. The van der Waals surface area contributed by atoms with E-state index in [0.29, 0.717) is 18.0 Å². The number of nitrogens with two attached hydrogens (primary N) is 1. The van der Waals surface area contributed by atoms with Crippen LogP contribution < -0.4 is 15.2 Å². The minimum Gasteiger partial charge on any atom is -0.497 e. The number of nitrogen functional groups attached to an aromatic ring is 1. The molecule has 1 aromatic carbocycles. The molecule has 0 fully saturated rings. The minimum atomic E-state index is 0.437. The van der Waals surface area contributed by atoms with E-state index in [9.17, 15) is 0 Å². The van der Waals surface area contributed by atoms with Gasteiger partial charge in [0.05, 0.1) is 12.8 Å². The number of aromatic nitrogens is 1. The zero-order valence-electron chi connectivity index (χ0n) is 10.5. The summed E-state index contributed by atoms with van der Waals surface area (Å²) in [5.41, 5.74) is 8.55. The Bertz CT molecular complexity index is 541. The molecule has 0 spiro atoms. The van der Waals surface area contributed by atoms with E-state index < -0.39 is 0 Å². The molecule has 4 nitrogen and oxygen atoms in total. The fourth-order valence-electron chi connectivity index (χ4n) is 1.62. The molecule has 0 atom stereocenters. The van der Waals surface area contributed by atoms with E-state index in [1.54, 1.807) is 31.5 Å². The molecule has 0 unspecified atom stereocenters. The summed E-state index contributed by atoms with van der Waals surface area (Å²) < 4.78 is 10.8. The van der Waals surface area contributed by atoms with Crippen LogP contribution in [0.2, 0.25) is 0 Å². The normalized spacial score (nSPS) is 10.1. The van der Waals surface area contributed by atoms with Gasteiger partial charge in [-0.2, -0.15) is 0 Å². The molecule has 18 heavy (non-hydrogen) atoms. The summed E-state index contributed by atoms with van der Waals surface area (Å²) >= 11 is 0. The van der Waals surface area contributed by atoms with Crippen molar-refractivity contribution in [3.63, 3.8) is 0 Å². The lowest BCUT2D eigenvalue weighted by Gasteiger charge is -2.10. The largest absolute Gasteiger partial charge is 0.497 e. The van der Waals surface area contributed by atoms with Gasteiger partial charge in [0.2, 0.25) is 0 Å². The monoisotopic (exact) mass is 244 g/mol. The number of anilines is 1. The quantitative estimate of drug-likeness (QED) is 0.840. The number of aryl methyl sites for hydroxylation is 1. The maximum atomic E-state index is 5.84. The number of hydrogen-bond donors (Lipinski definition) is 1. The number of methoxy groups -OCH3 is 1. The van der Waals surface area contributed by atoms with Gasteiger partial charge in [-0.25, -0.2) is 0 Å². The molecule has 1 heterocycles. The topological polar surface area (TPSA) is 57.4 Å². The standard InChI is InChI=1S/C14H16N2O2/c1-10-5-11(8-16-7-10)9-18-14-6-12(17-2)3-4-13(14)15/h3-8H,9,15H2,1-2H3. The smallest absolute Gasteiger partial charge is 0.146 e. The van der Waals surface area contributed by atoms with Gasteiger partial charge in [0.25, 0.3) is 0 Å². The third kappa shape index (κ3) is 2.91. The number of nitrogens with zero attached hydrogens (tertiary/aromatic N) is 1. The molecular weight excluding hydrogens is 228 g/mol. The highest BCUT2D eigenvalue weighted by Gasteiger charge is 2.03. The molecule has 0 saturated heterocycles. The number of rotatable bonds is 4. The second-order valence-corrected chi connectivity index (χ2v) is 4.06. The number of benzene rings is 1. The van der Waals surface area contributed by atoms with E-state index in [1.807, 2.05) is 19.2 Å². The maximum absolute atomic E-state index is 5.84. The first kappa shape index (κ1) is 12.2. The first-order valence-electron chi connectivity index (χ1n) is 5.66. The second kappa shape index (κ2) is 5.40. The molecule has 0 bridgehead atoms. The highest BCUT2D eigenvalue weighted by atomic mass is 16.5. The van der Waals surface area contributed by atoms with Crippen LogP contribution in [0.4, 0.5) is 5.69 Å². The van der Waals surface area contributed by atoms with Gasteiger partial charge in [0.1, 0.15) is 18.1 Å². The summed E-state index contributed by atoms with van der Waals surface area (Å²) in [6.07, 6.45) is 3.59. The van der Waals surface area contributed by atoms with Crippen LogP contribution in [-0.2, 0) is 6.61 Å². The van der Waals surface area contributed by atoms with Gasteiger partial charge in [0.15, 0.2) is 0 Å². The van der Waals surface area contributed by atoms with Crippen LogP contribution in [0.5, 0.6) is 11.5 Å². The first-order chi connectivity index (χ1) is 8.69. The highest BCUT2D eigenvalue weighted by molar-refractivity contribution is 5.55. The van der Waals surface area contributed by atoms with Crippen molar-refractivity contribution in [1.82, 2.24) is 4.98 Å².